The van der Waals surface area contributed by atoms with Gasteiger partial charge in [-0.3, -0.25) is 13.9 Å². The number of hydrogen-bond acceptors (Lipinski definition) is 5. The van der Waals surface area contributed by atoms with E-state index in [1.54, 1.807) is 43.3 Å². The largest absolute Gasteiger partial charge is 0.376 e. The quantitative estimate of drug-likeness (QED) is 0.631. The molecule has 172 valence electrons. The van der Waals surface area contributed by atoms with Gasteiger partial charge >= 0.3 is 0 Å². The predicted octanol–water partition coefficient (Wildman–Crippen LogP) is 2.62. The fourth-order valence-electron chi connectivity index (χ4n) is 3.68. The first-order valence-corrected chi connectivity index (χ1v) is 12.3. The standard InChI is InChI=1S/C23H29N3O5S/c1-16-10-11-21(17(2)13-16)26(32(3,29)30)15-22(27)25-20-9-5-4-8-19(20)23(28)24-14-18-7-6-12-31-18/h4-5,8-11,13,18H,6-7,12,14-15H2,1-3H3,(H,24,28)(H,25,27)/t18-/m1/s1. The van der Waals surface area contributed by atoms with Crippen molar-refractivity contribution < 1.29 is 22.7 Å². The summed E-state index contributed by atoms with van der Waals surface area (Å²) < 4.78 is 31.4. The molecule has 2 aromatic carbocycles. The van der Waals surface area contributed by atoms with E-state index in [2.05, 4.69) is 10.6 Å². The minimum absolute atomic E-state index is 0.00164. The van der Waals surface area contributed by atoms with Crippen LogP contribution in [0.5, 0.6) is 0 Å². The van der Waals surface area contributed by atoms with E-state index in [1.165, 1.54) is 0 Å². The third kappa shape index (κ3) is 6.08. The van der Waals surface area contributed by atoms with Gasteiger partial charge in [-0.25, -0.2) is 8.42 Å². The topological polar surface area (TPSA) is 105 Å². The second kappa shape index (κ2) is 10.1. The summed E-state index contributed by atoms with van der Waals surface area (Å²) in [7, 11) is -3.71. The van der Waals surface area contributed by atoms with Crippen LogP contribution in [-0.4, -0.2) is 52.3 Å². The number of sulfonamides is 1. The molecule has 0 aromatic heterocycles. The lowest BCUT2D eigenvalue weighted by Gasteiger charge is -2.24. The summed E-state index contributed by atoms with van der Waals surface area (Å²) in [5.74, 6) is -0.875. The Morgan fingerprint density at radius 1 is 1.16 bits per heavy atom. The Balaban J connectivity index is 1.73. The summed E-state index contributed by atoms with van der Waals surface area (Å²) in [6.07, 6.45) is 2.94. The van der Waals surface area contributed by atoms with Crippen molar-refractivity contribution in [1.29, 1.82) is 0 Å². The zero-order valence-corrected chi connectivity index (χ0v) is 19.4. The van der Waals surface area contributed by atoms with Crippen LogP contribution in [0.3, 0.4) is 0 Å². The maximum Gasteiger partial charge on any atom is 0.253 e. The molecule has 2 amide bonds. The van der Waals surface area contributed by atoms with Crippen molar-refractivity contribution in [3.8, 4) is 0 Å². The molecule has 1 aliphatic heterocycles. The summed E-state index contributed by atoms with van der Waals surface area (Å²) in [4.78, 5) is 25.5. The molecule has 1 saturated heterocycles. The first-order valence-electron chi connectivity index (χ1n) is 10.5. The van der Waals surface area contributed by atoms with Gasteiger partial charge in [-0.05, 0) is 50.5 Å². The van der Waals surface area contributed by atoms with Gasteiger partial charge in [0.05, 0.1) is 29.3 Å². The second-order valence-corrected chi connectivity index (χ2v) is 9.91. The number of carbonyl (C=O) groups is 2. The zero-order chi connectivity index (χ0) is 23.3. The van der Waals surface area contributed by atoms with Gasteiger partial charge in [0.1, 0.15) is 6.54 Å². The lowest BCUT2D eigenvalue weighted by Crippen LogP contribution is -2.38. The number of amides is 2. The summed E-state index contributed by atoms with van der Waals surface area (Å²) in [5, 5.41) is 5.52. The van der Waals surface area contributed by atoms with E-state index >= 15 is 0 Å². The van der Waals surface area contributed by atoms with Gasteiger partial charge < -0.3 is 15.4 Å². The summed E-state index contributed by atoms with van der Waals surface area (Å²) in [5.41, 5.74) is 2.80. The summed E-state index contributed by atoms with van der Waals surface area (Å²) >= 11 is 0. The Morgan fingerprint density at radius 2 is 1.91 bits per heavy atom. The number of carbonyl (C=O) groups excluding carboxylic acids is 2. The highest BCUT2D eigenvalue weighted by atomic mass is 32.2. The highest BCUT2D eigenvalue weighted by Gasteiger charge is 2.24. The van der Waals surface area contributed by atoms with Gasteiger partial charge in [0.2, 0.25) is 15.9 Å². The van der Waals surface area contributed by atoms with E-state index in [0.717, 1.165) is 34.5 Å². The second-order valence-electron chi connectivity index (χ2n) is 8.00. The zero-order valence-electron chi connectivity index (χ0n) is 18.6. The molecule has 1 fully saturated rings. The molecule has 0 unspecified atom stereocenters. The fraction of sp³-hybridized carbons (Fsp3) is 0.391. The van der Waals surface area contributed by atoms with Crippen LogP contribution in [0.15, 0.2) is 42.5 Å². The average molecular weight is 460 g/mol. The number of hydrogen-bond donors (Lipinski definition) is 2. The minimum atomic E-state index is -3.71. The van der Waals surface area contributed by atoms with Crippen LogP contribution >= 0.6 is 0 Å². The smallest absolute Gasteiger partial charge is 0.253 e. The number of aryl methyl sites for hydroxylation is 2. The summed E-state index contributed by atoms with van der Waals surface area (Å²) in [6, 6.07) is 12.0. The van der Waals surface area contributed by atoms with Gasteiger partial charge in [-0.15, -0.1) is 0 Å². The molecule has 0 aliphatic carbocycles. The number of nitrogens with zero attached hydrogens (tertiary/aromatic N) is 1. The Bertz CT molecular complexity index is 1090. The number of rotatable bonds is 8. The van der Waals surface area contributed by atoms with Crippen molar-refractivity contribution >= 4 is 33.2 Å². The van der Waals surface area contributed by atoms with E-state index in [-0.39, 0.29) is 12.0 Å². The van der Waals surface area contributed by atoms with Crippen LogP contribution in [-0.2, 0) is 19.6 Å². The average Bonchev–Trinajstić information content (AvgIpc) is 3.24. The SMILES string of the molecule is Cc1ccc(N(CC(=O)Nc2ccccc2C(=O)NC[C@H]2CCCO2)S(C)(=O)=O)c(C)c1. The molecule has 2 aromatic rings. The van der Waals surface area contributed by atoms with Crippen molar-refractivity contribution in [2.45, 2.75) is 32.8 Å². The van der Waals surface area contributed by atoms with E-state index in [9.17, 15) is 18.0 Å². The van der Waals surface area contributed by atoms with Crippen molar-refractivity contribution in [3.63, 3.8) is 0 Å². The van der Waals surface area contributed by atoms with E-state index in [1.807, 2.05) is 13.0 Å². The molecular formula is C23H29N3O5S. The fourth-order valence-corrected chi connectivity index (χ4v) is 4.60. The van der Waals surface area contributed by atoms with Gasteiger partial charge in [0.15, 0.2) is 0 Å². The minimum Gasteiger partial charge on any atom is -0.376 e. The Kier molecular flexibility index (Phi) is 7.52. The molecule has 2 N–H and O–H groups in total. The van der Waals surface area contributed by atoms with E-state index in [0.29, 0.717) is 30.1 Å². The third-order valence-electron chi connectivity index (χ3n) is 5.27. The first-order chi connectivity index (χ1) is 15.1. The maximum atomic E-state index is 12.8. The highest BCUT2D eigenvalue weighted by molar-refractivity contribution is 7.92. The predicted molar refractivity (Wildman–Crippen MR) is 124 cm³/mol. The molecule has 0 radical (unpaired) electrons. The van der Waals surface area contributed by atoms with Crippen molar-refractivity contribution in [2.75, 3.05) is 35.6 Å². The molecule has 1 atom stereocenters. The van der Waals surface area contributed by atoms with Crippen LogP contribution in [0.25, 0.3) is 0 Å². The lowest BCUT2D eigenvalue weighted by molar-refractivity contribution is -0.114. The number of nitrogens with one attached hydrogen (secondary N) is 2. The first kappa shape index (κ1) is 23.7. The van der Waals surface area contributed by atoms with E-state index < -0.39 is 22.5 Å². The highest BCUT2D eigenvalue weighted by Crippen LogP contribution is 2.24. The monoisotopic (exact) mass is 459 g/mol. The normalized spacial score (nSPS) is 15.9. The molecule has 8 nitrogen and oxygen atoms in total. The van der Waals surface area contributed by atoms with Crippen LogP contribution in [0.2, 0.25) is 0 Å². The van der Waals surface area contributed by atoms with Crippen LogP contribution in [0.1, 0.15) is 34.3 Å². The van der Waals surface area contributed by atoms with Gasteiger partial charge in [-0.2, -0.15) is 0 Å². The molecule has 0 saturated carbocycles. The van der Waals surface area contributed by atoms with Crippen LogP contribution < -0.4 is 14.9 Å². The molecular weight excluding hydrogens is 430 g/mol. The molecule has 0 bridgehead atoms. The number of para-hydroxylation sites is 1. The Labute approximate surface area is 189 Å². The number of benzene rings is 2. The Morgan fingerprint density at radius 3 is 2.56 bits per heavy atom. The molecule has 0 spiro atoms. The molecule has 3 rings (SSSR count). The van der Waals surface area contributed by atoms with Crippen LogP contribution in [0.4, 0.5) is 11.4 Å². The van der Waals surface area contributed by atoms with Crippen molar-refractivity contribution in [1.82, 2.24) is 5.32 Å². The van der Waals surface area contributed by atoms with Gasteiger partial charge in [0, 0.05) is 13.2 Å². The van der Waals surface area contributed by atoms with Crippen molar-refractivity contribution in [3.05, 3.63) is 59.2 Å². The van der Waals surface area contributed by atoms with Crippen LogP contribution in [0, 0.1) is 13.8 Å². The van der Waals surface area contributed by atoms with Gasteiger partial charge in [0.25, 0.3) is 5.91 Å². The molecule has 1 heterocycles. The number of ether oxygens (including phenoxy) is 1. The molecule has 9 heteroatoms. The maximum absolute atomic E-state index is 12.8. The Hall–Kier alpha value is -2.91. The molecule has 32 heavy (non-hydrogen) atoms. The van der Waals surface area contributed by atoms with Gasteiger partial charge in [-0.1, -0.05) is 29.8 Å². The van der Waals surface area contributed by atoms with E-state index in [4.69, 9.17) is 4.74 Å². The lowest BCUT2D eigenvalue weighted by atomic mass is 10.1. The number of anilines is 2. The third-order valence-corrected chi connectivity index (χ3v) is 6.40. The summed E-state index contributed by atoms with van der Waals surface area (Å²) in [6.45, 7) is 4.40. The molecule has 1 aliphatic rings. The van der Waals surface area contributed by atoms with Crippen molar-refractivity contribution in [2.24, 2.45) is 0 Å².